The van der Waals surface area contributed by atoms with Crippen molar-refractivity contribution < 1.29 is 0 Å². The van der Waals surface area contributed by atoms with Crippen LogP contribution in [0, 0.1) is 0 Å². The minimum atomic E-state index is 0.386. The van der Waals surface area contributed by atoms with Gasteiger partial charge < -0.3 is 4.90 Å². The standard InChI is InChI=1S/C6H10Cl2N2Si2/c7-11-4-6-9-2-1-3-10(6)5-12-8/h1,3,6,9H,2,4-5H2. The number of hydrogen-bond acceptors (Lipinski definition) is 2. The summed E-state index contributed by atoms with van der Waals surface area (Å²) in [6.45, 7) is 0.938. The first-order valence-electron chi connectivity index (χ1n) is 3.71. The van der Waals surface area contributed by atoms with Crippen molar-refractivity contribution in [2.75, 3.05) is 12.7 Å². The third-order valence-electron chi connectivity index (χ3n) is 1.68. The maximum absolute atomic E-state index is 5.71. The molecule has 1 atom stereocenters. The largest absolute Gasteiger partial charge is 0.365 e. The summed E-state index contributed by atoms with van der Waals surface area (Å²) in [5.74, 6) is 0. The summed E-state index contributed by atoms with van der Waals surface area (Å²) < 4.78 is 0. The van der Waals surface area contributed by atoms with Crippen molar-refractivity contribution in [2.45, 2.75) is 12.2 Å². The summed E-state index contributed by atoms with van der Waals surface area (Å²) in [6, 6.07) is 0.993. The molecule has 0 fully saturated rings. The summed E-state index contributed by atoms with van der Waals surface area (Å²) in [7, 11) is 0.919. The molecule has 4 radical (unpaired) electrons. The van der Waals surface area contributed by atoms with Gasteiger partial charge in [0.25, 0.3) is 0 Å². The second-order valence-corrected chi connectivity index (χ2v) is 5.32. The first kappa shape index (κ1) is 10.6. The molecule has 0 bridgehead atoms. The molecule has 1 unspecified atom stereocenters. The van der Waals surface area contributed by atoms with Gasteiger partial charge in [-0.2, -0.15) is 22.2 Å². The zero-order chi connectivity index (χ0) is 8.81. The predicted molar refractivity (Wildman–Crippen MR) is 55.7 cm³/mol. The average Bonchev–Trinajstić information content (AvgIpc) is 2.09. The first-order chi connectivity index (χ1) is 5.88. The number of rotatable bonds is 4. The van der Waals surface area contributed by atoms with E-state index in [4.69, 9.17) is 22.2 Å². The van der Waals surface area contributed by atoms with Crippen LogP contribution in [0.4, 0.5) is 0 Å². The fourth-order valence-corrected chi connectivity index (χ4v) is 2.95. The van der Waals surface area contributed by atoms with E-state index in [1.165, 1.54) is 0 Å². The van der Waals surface area contributed by atoms with Gasteiger partial charge in [-0.3, -0.25) is 5.32 Å². The Hall–Kier alpha value is 0.514. The third-order valence-corrected chi connectivity index (χ3v) is 3.53. The maximum Gasteiger partial charge on any atom is 0.194 e. The highest BCUT2D eigenvalue weighted by molar-refractivity contribution is 6.94. The molecule has 6 heteroatoms. The lowest BCUT2D eigenvalue weighted by molar-refractivity contribution is 0.277. The van der Waals surface area contributed by atoms with E-state index < -0.39 is 0 Å². The molecule has 1 N–H and O–H groups in total. The molecule has 66 valence electrons. The second-order valence-electron chi connectivity index (χ2n) is 2.45. The van der Waals surface area contributed by atoms with Crippen LogP contribution >= 0.6 is 22.2 Å². The van der Waals surface area contributed by atoms with Crippen molar-refractivity contribution in [3.05, 3.63) is 12.3 Å². The smallest absolute Gasteiger partial charge is 0.194 e. The summed E-state index contributed by atoms with van der Waals surface area (Å²) in [6.07, 6.45) is 5.51. The Kier molecular flexibility index (Phi) is 5.33. The van der Waals surface area contributed by atoms with Crippen LogP contribution in [0.3, 0.4) is 0 Å². The van der Waals surface area contributed by atoms with Crippen molar-refractivity contribution in [3.63, 3.8) is 0 Å². The number of hydrogen-bond donors (Lipinski definition) is 1. The highest BCUT2D eigenvalue weighted by Crippen LogP contribution is 2.06. The molecule has 0 spiro atoms. The predicted octanol–water partition coefficient (Wildman–Crippen LogP) is 0.823. The molecule has 0 saturated heterocycles. The van der Waals surface area contributed by atoms with Crippen LogP contribution in [0.25, 0.3) is 0 Å². The van der Waals surface area contributed by atoms with E-state index in [-0.39, 0.29) is 0 Å². The van der Waals surface area contributed by atoms with Gasteiger partial charge in [0.05, 0.1) is 6.17 Å². The Morgan fingerprint density at radius 1 is 1.50 bits per heavy atom. The van der Waals surface area contributed by atoms with Crippen LogP contribution < -0.4 is 5.32 Å². The SMILES string of the molecule is Cl[Si]CC1NCC=CN1C[Si]Cl. The fourth-order valence-electron chi connectivity index (χ4n) is 1.11. The molecular weight excluding hydrogens is 227 g/mol. The van der Waals surface area contributed by atoms with Crippen LogP contribution in [-0.4, -0.2) is 41.4 Å². The molecule has 1 aliphatic heterocycles. The van der Waals surface area contributed by atoms with Gasteiger partial charge in [-0.05, 0) is 12.2 Å². The van der Waals surface area contributed by atoms with Crippen molar-refractivity contribution in [3.8, 4) is 0 Å². The molecule has 1 aliphatic rings. The Bertz CT molecular complexity index is 156. The van der Waals surface area contributed by atoms with Gasteiger partial charge in [0.1, 0.15) is 0 Å². The number of nitrogens with one attached hydrogen (secondary N) is 1. The summed E-state index contributed by atoms with van der Waals surface area (Å²) in [4.78, 5) is 2.21. The minimum Gasteiger partial charge on any atom is -0.365 e. The molecule has 0 aromatic rings. The van der Waals surface area contributed by atoms with Gasteiger partial charge in [0, 0.05) is 12.7 Å². The van der Waals surface area contributed by atoms with Gasteiger partial charge in [0.2, 0.25) is 0 Å². The van der Waals surface area contributed by atoms with Crippen molar-refractivity contribution in [1.29, 1.82) is 0 Å². The van der Waals surface area contributed by atoms with Crippen LogP contribution in [0.15, 0.2) is 12.3 Å². The molecule has 0 saturated carbocycles. The number of nitrogens with zero attached hydrogens (tertiary/aromatic N) is 1. The van der Waals surface area contributed by atoms with Crippen molar-refractivity contribution in [1.82, 2.24) is 10.2 Å². The first-order valence-corrected chi connectivity index (χ1v) is 8.15. The zero-order valence-electron chi connectivity index (χ0n) is 6.56. The molecule has 0 aromatic heterocycles. The molecule has 1 heterocycles. The van der Waals surface area contributed by atoms with E-state index >= 15 is 0 Å². The van der Waals surface area contributed by atoms with E-state index in [0.29, 0.717) is 23.8 Å². The lowest BCUT2D eigenvalue weighted by Gasteiger charge is -2.33. The number of halogens is 2. The van der Waals surface area contributed by atoms with E-state index in [9.17, 15) is 0 Å². The molecule has 2 nitrogen and oxygen atoms in total. The molecule has 0 aromatic carbocycles. The fraction of sp³-hybridized carbons (Fsp3) is 0.667. The van der Waals surface area contributed by atoms with Gasteiger partial charge in [-0.1, -0.05) is 6.08 Å². The Labute approximate surface area is 87.3 Å². The van der Waals surface area contributed by atoms with Gasteiger partial charge in [-0.25, -0.2) is 0 Å². The van der Waals surface area contributed by atoms with Gasteiger partial charge in [0.15, 0.2) is 17.7 Å². The van der Waals surface area contributed by atoms with E-state index in [2.05, 4.69) is 22.5 Å². The molecule has 0 amide bonds. The lowest BCUT2D eigenvalue weighted by Crippen LogP contribution is -2.47. The lowest BCUT2D eigenvalue weighted by atomic mass is 10.4. The van der Waals surface area contributed by atoms with Gasteiger partial charge >= 0.3 is 0 Å². The Morgan fingerprint density at radius 2 is 2.33 bits per heavy atom. The van der Waals surface area contributed by atoms with Crippen molar-refractivity contribution in [2.24, 2.45) is 0 Å². The highest BCUT2D eigenvalue weighted by Gasteiger charge is 2.16. The monoisotopic (exact) mass is 236 g/mol. The zero-order valence-corrected chi connectivity index (χ0v) is 10.1. The summed E-state index contributed by atoms with van der Waals surface area (Å²) >= 11 is 11.4. The highest BCUT2D eigenvalue weighted by atomic mass is 35.6. The summed E-state index contributed by atoms with van der Waals surface area (Å²) in [5.41, 5.74) is 0. The third kappa shape index (κ3) is 3.10. The quantitative estimate of drug-likeness (QED) is 0.575. The van der Waals surface area contributed by atoms with Gasteiger partial charge in [-0.15, -0.1) is 0 Å². The van der Waals surface area contributed by atoms with E-state index in [1.54, 1.807) is 0 Å². The average molecular weight is 237 g/mol. The van der Waals surface area contributed by atoms with Crippen LogP contribution in [0.1, 0.15) is 0 Å². The van der Waals surface area contributed by atoms with Crippen LogP contribution in [-0.2, 0) is 0 Å². The second kappa shape index (κ2) is 6.04. The molecular formula is C6H10Cl2N2Si2. The molecule has 12 heavy (non-hydrogen) atoms. The Balaban J connectivity index is 2.41. The molecule has 0 aliphatic carbocycles. The molecule has 1 rings (SSSR count). The van der Waals surface area contributed by atoms with Crippen LogP contribution in [0.5, 0.6) is 0 Å². The van der Waals surface area contributed by atoms with Crippen molar-refractivity contribution >= 4 is 39.8 Å². The Morgan fingerprint density at radius 3 is 3.00 bits per heavy atom. The van der Waals surface area contributed by atoms with Crippen LogP contribution in [0.2, 0.25) is 6.04 Å². The minimum absolute atomic E-state index is 0.386. The van der Waals surface area contributed by atoms with E-state index in [0.717, 1.165) is 18.8 Å². The summed E-state index contributed by atoms with van der Waals surface area (Å²) in [5, 5.41) is 3.36. The maximum atomic E-state index is 5.71. The van der Waals surface area contributed by atoms with E-state index in [1.807, 2.05) is 0 Å². The topological polar surface area (TPSA) is 15.3 Å². The normalized spacial score (nSPS) is 23.2.